The molecule has 0 spiro atoms. The molecule has 0 radical (unpaired) electrons. The van der Waals surface area contributed by atoms with Gasteiger partial charge in [-0.05, 0) is 37.3 Å². The molecule has 1 aliphatic heterocycles. The molecule has 0 amide bonds. The summed E-state index contributed by atoms with van der Waals surface area (Å²) in [6, 6.07) is 8.91. The largest absolute Gasteiger partial charge is 0.506 e. The van der Waals surface area contributed by atoms with Gasteiger partial charge in [0.25, 0.3) is 5.69 Å². The third-order valence-electron chi connectivity index (χ3n) is 4.68. The first-order valence-electron chi connectivity index (χ1n) is 9.97. The summed E-state index contributed by atoms with van der Waals surface area (Å²) in [5, 5.41) is 22.0. The van der Waals surface area contributed by atoms with E-state index in [-0.39, 0.29) is 28.7 Å². The van der Waals surface area contributed by atoms with Crippen LogP contribution in [0.1, 0.15) is 12.5 Å². The summed E-state index contributed by atoms with van der Waals surface area (Å²) in [6.07, 6.45) is 1.62. The van der Waals surface area contributed by atoms with Crippen LogP contribution in [-0.4, -0.2) is 49.0 Å². The van der Waals surface area contributed by atoms with Crippen LogP contribution in [0, 0.1) is 10.1 Å². The van der Waals surface area contributed by atoms with E-state index in [9.17, 15) is 20.0 Å². The molecule has 0 atom stereocenters. The summed E-state index contributed by atoms with van der Waals surface area (Å²) in [6.45, 7) is 1.75. The van der Waals surface area contributed by atoms with Crippen LogP contribution < -0.4 is 14.2 Å². The number of ether oxygens (including phenoxy) is 4. The average Bonchev–Trinajstić information content (AvgIpc) is 3.13. The lowest BCUT2D eigenvalue weighted by Gasteiger charge is -2.14. The summed E-state index contributed by atoms with van der Waals surface area (Å²) in [5.74, 6) is 0.169. The highest BCUT2D eigenvalue weighted by Gasteiger charge is 2.33. The molecule has 1 heterocycles. The number of aliphatic hydroxyl groups is 1. The number of esters is 1. The molecule has 1 aliphatic rings. The molecule has 10 nitrogen and oxygen atoms in total. The van der Waals surface area contributed by atoms with E-state index in [1.165, 1.54) is 45.6 Å². The summed E-state index contributed by atoms with van der Waals surface area (Å²) < 4.78 is 21.3. The summed E-state index contributed by atoms with van der Waals surface area (Å²) in [7, 11) is 4.46. The van der Waals surface area contributed by atoms with Crippen molar-refractivity contribution in [2.45, 2.75) is 6.92 Å². The molecule has 178 valence electrons. The second kappa shape index (κ2) is 10.8. The van der Waals surface area contributed by atoms with Crippen LogP contribution in [0.3, 0.4) is 0 Å². The lowest BCUT2D eigenvalue weighted by Crippen LogP contribution is -2.12. The number of nitro groups is 1. The van der Waals surface area contributed by atoms with Gasteiger partial charge in [0.2, 0.25) is 5.75 Å². The van der Waals surface area contributed by atoms with Crippen molar-refractivity contribution < 1.29 is 33.8 Å². The van der Waals surface area contributed by atoms with Gasteiger partial charge < -0.3 is 24.1 Å². The van der Waals surface area contributed by atoms with Crippen molar-refractivity contribution in [3.05, 3.63) is 68.3 Å². The lowest BCUT2D eigenvalue weighted by molar-refractivity contribution is -0.384. The number of carbonyl (C=O) groups is 1. The fraction of sp³-hybridized carbons (Fsp3) is 0.217. The van der Waals surface area contributed by atoms with Crippen molar-refractivity contribution >= 4 is 40.2 Å². The normalized spacial score (nSPS) is 15.5. The first-order valence-corrected chi connectivity index (χ1v) is 10.8. The highest BCUT2D eigenvalue weighted by Crippen LogP contribution is 2.44. The maximum Gasteiger partial charge on any atom is 0.344 e. The van der Waals surface area contributed by atoms with E-state index < -0.39 is 10.9 Å². The van der Waals surface area contributed by atoms with E-state index in [2.05, 4.69) is 4.99 Å². The number of non-ortho nitro benzene ring substituents is 1. The maximum atomic E-state index is 12.6. The number of hydrogen-bond donors (Lipinski definition) is 1. The predicted octanol–water partition coefficient (Wildman–Crippen LogP) is 4.81. The molecule has 0 saturated heterocycles. The molecule has 34 heavy (non-hydrogen) atoms. The van der Waals surface area contributed by atoms with Gasteiger partial charge in [-0.1, -0.05) is 11.8 Å². The summed E-state index contributed by atoms with van der Waals surface area (Å²) >= 11 is 1.05. The monoisotopic (exact) mass is 486 g/mol. The topological polar surface area (TPSA) is 130 Å². The van der Waals surface area contributed by atoms with Crippen molar-refractivity contribution in [3.63, 3.8) is 0 Å². The first kappa shape index (κ1) is 24.6. The lowest BCUT2D eigenvalue weighted by atomic mass is 10.1. The van der Waals surface area contributed by atoms with Gasteiger partial charge >= 0.3 is 5.97 Å². The molecule has 2 aromatic carbocycles. The molecule has 0 saturated carbocycles. The first-order chi connectivity index (χ1) is 16.3. The standard InChI is InChI=1S/C23H22N2O8S/c1-5-33-23(27)18-19(26)17(12-13-6-11-16(30-2)21(32-4)20(13)31-3)34-22(18)24-14-7-9-15(10-8-14)25(28)29/h6-12,26H,5H2,1-4H3. The van der Waals surface area contributed by atoms with Gasteiger partial charge in [-0.2, -0.15) is 0 Å². The molecular formula is C23H22N2O8S. The Morgan fingerprint density at radius 1 is 1.09 bits per heavy atom. The number of benzene rings is 2. The quantitative estimate of drug-likeness (QED) is 0.317. The molecule has 3 rings (SSSR count). The second-order valence-electron chi connectivity index (χ2n) is 6.67. The van der Waals surface area contributed by atoms with Gasteiger partial charge in [0.15, 0.2) is 11.5 Å². The second-order valence-corrected chi connectivity index (χ2v) is 7.70. The van der Waals surface area contributed by atoms with Gasteiger partial charge in [0.1, 0.15) is 16.4 Å². The Bertz CT molecular complexity index is 1200. The van der Waals surface area contributed by atoms with Crippen LogP contribution in [0.4, 0.5) is 11.4 Å². The maximum absolute atomic E-state index is 12.6. The smallest absolute Gasteiger partial charge is 0.344 e. The van der Waals surface area contributed by atoms with Crippen LogP contribution in [0.25, 0.3) is 6.08 Å². The number of nitrogens with zero attached hydrogens (tertiary/aromatic N) is 2. The molecule has 2 aromatic rings. The van der Waals surface area contributed by atoms with Crippen LogP contribution >= 0.6 is 11.8 Å². The van der Waals surface area contributed by atoms with Crippen LogP contribution in [0.15, 0.2) is 57.6 Å². The van der Waals surface area contributed by atoms with E-state index in [1.807, 2.05) is 0 Å². The van der Waals surface area contributed by atoms with E-state index >= 15 is 0 Å². The summed E-state index contributed by atoms with van der Waals surface area (Å²) in [4.78, 5) is 27.7. The Morgan fingerprint density at radius 2 is 1.76 bits per heavy atom. The third-order valence-corrected chi connectivity index (χ3v) is 5.70. The Morgan fingerprint density at radius 3 is 2.32 bits per heavy atom. The minimum absolute atomic E-state index is 0.0897. The number of aliphatic imine (C=N–C) groups is 1. The van der Waals surface area contributed by atoms with Crippen LogP contribution in [-0.2, 0) is 9.53 Å². The molecule has 0 unspecified atom stereocenters. The van der Waals surface area contributed by atoms with E-state index in [1.54, 1.807) is 25.1 Å². The number of rotatable bonds is 8. The number of methoxy groups -OCH3 is 3. The number of nitro benzene ring substituents is 1. The van der Waals surface area contributed by atoms with Gasteiger partial charge in [-0.15, -0.1) is 0 Å². The molecule has 11 heteroatoms. The van der Waals surface area contributed by atoms with E-state index in [0.717, 1.165) is 11.8 Å². The third kappa shape index (κ3) is 4.99. The van der Waals surface area contributed by atoms with Crippen LogP contribution in [0.2, 0.25) is 0 Å². The molecule has 1 N–H and O–H groups in total. The molecule has 0 bridgehead atoms. The Labute approximate surface area is 199 Å². The van der Waals surface area contributed by atoms with Gasteiger partial charge in [-0.25, -0.2) is 9.79 Å². The minimum Gasteiger partial charge on any atom is -0.506 e. The fourth-order valence-electron chi connectivity index (χ4n) is 3.14. The van der Waals surface area contributed by atoms with Crippen molar-refractivity contribution in [1.82, 2.24) is 0 Å². The van der Waals surface area contributed by atoms with Gasteiger partial charge in [0.05, 0.1) is 43.5 Å². The number of thioether (sulfide) groups is 1. The van der Waals surface area contributed by atoms with Crippen LogP contribution in [0.5, 0.6) is 17.2 Å². The van der Waals surface area contributed by atoms with Gasteiger partial charge in [-0.3, -0.25) is 10.1 Å². The van der Waals surface area contributed by atoms with Crippen molar-refractivity contribution in [1.29, 1.82) is 0 Å². The minimum atomic E-state index is -0.740. The molecule has 0 fully saturated rings. The van der Waals surface area contributed by atoms with Gasteiger partial charge in [0, 0.05) is 17.7 Å². The van der Waals surface area contributed by atoms with Crippen molar-refractivity contribution in [2.75, 3.05) is 27.9 Å². The Balaban J connectivity index is 2.09. The molecule has 0 aliphatic carbocycles. The SMILES string of the molecule is CCOC(=O)C1=C(O)C(=Cc2ccc(OC)c(OC)c2OC)SC1=Nc1ccc([N+](=O)[O-])cc1. The highest BCUT2D eigenvalue weighted by molar-refractivity contribution is 8.18. The zero-order valence-electron chi connectivity index (χ0n) is 18.9. The zero-order chi connectivity index (χ0) is 24.8. The Hall–Kier alpha value is -3.99. The van der Waals surface area contributed by atoms with E-state index in [4.69, 9.17) is 18.9 Å². The zero-order valence-corrected chi connectivity index (χ0v) is 19.7. The number of carbonyl (C=O) groups excluding carboxylic acids is 1. The summed E-state index contributed by atoms with van der Waals surface area (Å²) in [5.41, 5.74) is 0.741. The highest BCUT2D eigenvalue weighted by atomic mass is 32.2. The Kier molecular flexibility index (Phi) is 7.79. The van der Waals surface area contributed by atoms with Crippen molar-refractivity contribution in [2.24, 2.45) is 4.99 Å². The number of aliphatic hydroxyl groups excluding tert-OH is 1. The number of hydrogen-bond acceptors (Lipinski definition) is 10. The van der Waals surface area contributed by atoms with E-state index in [0.29, 0.717) is 33.4 Å². The molecule has 0 aromatic heterocycles. The average molecular weight is 487 g/mol. The van der Waals surface area contributed by atoms with Crippen molar-refractivity contribution in [3.8, 4) is 17.2 Å². The molecular weight excluding hydrogens is 464 g/mol. The predicted molar refractivity (Wildman–Crippen MR) is 128 cm³/mol. The fourth-order valence-corrected chi connectivity index (χ4v) is 4.16.